The molecular weight excluding hydrogens is 837 g/mol. The van der Waals surface area contributed by atoms with Crippen LogP contribution in [0.4, 0.5) is 0 Å². The molecular formula is C49H86N4O12. The lowest BCUT2D eigenvalue weighted by molar-refractivity contribution is -0.274. The summed E-state index contributed by atoms with van der Waals surface area (Å²) in [5, 5.41) is 7.68. The van der Waals surface area contributed by atoms with Gasteiger partial charge in [-0.15, -0.1) is 0 Å². The minimum Gasteiger partial charge on any atom is -0.458 e. The van der Waals surface area contributed by atoms with Crippen LogP contribution in [0.1, 0.15) is 169 Å². The van der Waals surface area contributed by atoms with E-state index in [4.69, 9.17) is 38.3 Å². The molecule has 4 atom stereocenters. The predicted molar refractivity (Wildman–Crippen MR) is 243 cm³/mol. The first-order valence-electron chi connectivity index (χ1n) is 23.8. The van der Waals surface area contributed by atoms with Crippen LogP contribution in [-0.4, -0.2) is 141 Å². The number of nitrogens with zero attached hydrogens (tertiary/aromatic N) is 4. The van der Waals surface area contributed by atoms with Gasteiger partial charge in [0.05, 0.1) is 52.1 Å². The molecule has 16 heteroatoms. The standard InChI is InChI=1S/C49H86N4O12/c1-42(2)22-30(23-43(3,4)50(42)58-17)38(54)62-34-21-35(63-39(55)31-24-44(5,6)51(59-18)45(7,8)25-31)37(65-41(57)33-28-48(13,14)53(61-20)49(15,16)29-33)36(34)64-40(56)32-26-46(9,10)52(60-19)47(11,12)27-32/h30-37H,21-29H2,1-20H3. The van der Waals surface area contributed by atoms with Gasteiger partial charge in [0.15, 0.2) is 12.2 Å². The first-order chi connectivity index (χ1) is 29.6. The van der Waals surface area contributed by atoms with Crippen LogP contribution < -0.4 is 0 Å². The number of hydroxylamine groups is 8. The fourth-order valence-corrected chi connectivity index (χ4v) is 14.1. The topological polar surface area (TPSA) is 155 Å². The molecule has 0 aromatic carbocycles. The van der Waals surface area contributed by atoms with Crippen LogP contribution in [0.15, 0.2) is 0 Å². The second-order valence-electron chi connectivity index (χ2n) is 24.8. The maximum Gasteiger partial charge on any atom is 0.309 e. The summed E-state index contributed by atoms with van der Waals surface area (Å²) in [7, 11) is 6.53. The minimum absolute atomic E-state index is 0.0427. The molecule has 0 N–H and O–H groups in total. The number of rotatable bonds is 12. The average Bonchev–Trinajstić information content (AvgIpc) is 3.41. The molecule has 0 aromatic rings. The van der Waals surface area contributed by atoms with Crippen LogP contribution >= 0.6 is 0 Å². The van der Waals surface area contributed by atoms with E-state index in [0.29, 0.717) is 51.4 Å². The molecule has 4 unspecified atom stereocenters. The van der Waals surface area contributed by atoms with Crippen LogP contribution in [0.5, 0.6) is 0 Å². The molecule has 0 radical (unpaired) electrons. The van der Waals surface area contributed by atoms with Crippen LogP contribution in [-0.2, 0) is 57.5 Å². The highest BCUT2D eigenvalue weighted by molar-refractivity contribution is 5.76. The van der Waals surface area contributed by atoms with E-state index in [9.17, 15) is 19.2 Å². The van der Waals surface area contributed by atoms with Gasteiger partial charge in [-0.25, -0.2) is 0 Å². The molecule has 4 aliphatic heterocycles. The summed E-state index contributed by atoms with van der Waals surface area (Å²) < 4.78 is 26.1. The number of carbonyl (C=O) groups is 4. The molecule has 0 amide bonds. The molecule has 4 heterocycles. The molecule has 1 aliphatic carbocycles. The third kappa shape index (κ3) is 10.9. The van der Waals surface area contributed by atoms with Gasteiger partial charge in [-0.3, -0.25) is 19.2 Å². The Labute approximate surface area is 390 Å². The van der Waals surface area contributed by atoms with Crippen LogP contribution in [0.25, 0.3) is 0 Å². The molecule has 16 nitrogen and oxygen atoms in total. The van der Waals surface area contributed by atoms with Gasteiger partial charge < -0.3 is 38.3 Å². The number of esters is 4. The van der Waals surface area contributed by atoms with E-state index < -0.39 is 116 Å². The number of carbonyl (C=O) groups excluding carboxylic acids is 4. The Bertz CT molecular complexity index is 1560. The largest absolute Gasteiger partial charge is 0.458 e. The van der Waals surface area contributed by atoms with Gasteiger partial charge in [0.1, 0.15) is 12.2 Å². The highest BCUT2D eigenvalue weighted by atomic mass is 16.7. The summed E-state index contributed by atoms with van der Waals surface area (Å²) in [6, 6.07) is 0. The Morgan fingerprint density at radius 2 is 0.492 bits per heavy atom. The van der Waals surface area contributed by atoms with Gasteiger partial charge in [-0.2, -0.15) is 20.3 Å². The zero-order valence-corrected chi connectivity index (χ0v) is 43.7. The first kappa shape index (κ1) is 53.5. The molecule has 0 aromatic heterocycles. The maximum absolute atomic E-state index is 14.7. The summed E-state index contributed by atoms with van der Waals surface area (Å²) in [6.07, 6.45) is -1.36. The number of hydrogen-bond donors (Lipinski definition) is 0. The Balaban J connectivity index is 1.55. The van der Waals surface area contributed by atoms with E-state index in [1.165, 1.54) is 0 Å². The van der Waals surface area contributed by atoms with Crippen molar-refractivity contribution >= 4 is 23.9 Å². The Hall–Kier alpha value is -2.44. The van der Waals surface area contributed by atoms with E-state index in [1.807, 2.05) is 131 Å². The third-order valence-corrected chi connectivity index (χ3v) is 15.0. The van der Waals surface area contributed by atoms with E-state index in [2.05, 4.69) is 0 Å². The zero-order valence-electron chi connectivity index (χ0n) is 43.7. The second kappa shape index (κ2) is 18.5. The SMILES string of the molecule is CON1C(C)(C)CC(C(=O)OC2CC(OC(=O)C3CC(C)(C)N(OC)C(C)(C)C3)C(OC(=O)C3CC(C)(C)N(OC)C(C)(C)C3)C2OC(=O)C2CC(C)(C)N(OC)C(C)(C)C2)CC1(C)C. The highest BCUT2D eigenvalue weighted by Gasteiger charge is 2.58. The van der Waals surface area contributed by atoms with E-state index in [-0.39, 0.29) is 6.42 Å². The predicted octanol–water partition coefficient (Wildman–Crippen LogP) is 7.36. The van der Waals surface area contributed by atoms with Crippen molar-refractivity contribution in [2.24, 2.45) is 23.7 Å². The molecule has 5 fully saturated rings. The van der Waals surface area contributed by atoms with Gasteiger partial charge in [0.2, 0.25) is 0 Å². The monoisotopic (exact) mass is 923 g/mol. The molecule has 5 rings (SSSR count). The van der Waals surface area contributed by atoms with Gasteiger partial charge in [-0.1, -0.05) is 0 Å². The second-order valence-corrected chi connectivity index (χ2v) is 24.8. The van der Waals surface area contributed by atoms with Gasteiger partial charge >= 0.3 is 23.9 Å². The molecule has 0 spiro atoms. The summed E-state index contributed by atoms with van der Waals surface area (Å²) in [4.78, 5) is 81.9. The van der Waals surface area contributed by atoms with Gasteiger partial charge in [0.25, 0.3) is 0 Å². The third-order valence-electron chi connectivity index (χ3n) is 15.0. The van der Waals surface area contributed by atoms with Crippen molar-refractivity contribution in [3.8, 4) is 0 Å². The fraction of sp³-hybridized carbons (Fsp3) is 0.918. The normalized spacial score (nSPS) is 31.8. The molecule has 5 aliphatic rings. The molecule has 4 saturated heterocycles. The van der Waals surface area contributed by atoms with Crippen LogP contribution in [0, 0.1) is 23.7 Å². The summed E-state index contributed by atoms with van der Waals surface area (Å²) in [5.41, 5.74) is -4.25. The Kier molecular flexibility index (Phi) is 15.2. The first-order valence-corrected chi connectivity index (χ1v) is 23.8. The van der Waals surface area contributed by atoms with Crippen LogP contribution in [0.3, 0.4) is 0 Å². The van der Waals surface area contributed by atoms with Crippen LogP contribution in [0.2, 0.25) is 0 Å². The zero-order chi connectivity index (χ0) is 49.3. The number of piperidine rings is 4. The molecule has 1 saturated carbocycles. The molecule has 65 heavy (non-hydrogen) atoms. The lowest BCUT2D eigenvalue weighted by Crippen LogP contribution is -2.61. The quantitative estimate of drug-likeness (QED) is 0.141. The van der Waals surface area contributed by atoms with Crippen molar-refractivity contribution in [3.05, 3.63) is 0 Å². The average molecular weight is 923 g/mol. The lowest BCUT2D eigenvalue weighted by atomic mass is 9.75. The summed E-state index contributed by atoms with van der Waals surface area (Å²) in [6.45, 7) is 32.4. The summed E-state index contributed by atoms with van der Waals surface area (Å²) in [5.74, 6) is -4.16. The van der Waals surface area contributed by atoms with E-state index >= 15 is 0 Å². The van der Waals surface area contributed by atoms with Gasteiger partial charge in [-0.05, 0) is 162 Å². The highest BCUT2D eigenvalue weighted by Crippen LogP contribution is 2.47. The molecule has 374 valence electrons. The maximum atomic E-state index is 14.7. The van der Waals surface area contributed by atoms with Crippen molar-refractivity contribution < 1.29 is 57.5 Å². The number of ether oxygens (including phenoxy) is 4. The Morgan fingerprint density at radius 3 is 0.662 bits per heavy atom. The Morgan fingerprint density at radius 1 is 0.323 bits per heavy atom. The van der Waals surface area contributed by atoms with Crippen molar-refractivity contribution in [2.75, 3.05) is 28.4 Å². The number of hydrogen-bond acceptors (Lipinski definition) is 16. The summed E-state index contributed by atoms with van der Waals surface area (Å²) >= 11 is 0. The lowest BCUT2D eigenvalue weighted by Gasteiger charge is -2.53. The fourth-order valence-electron chi connectivity index (χ4n) is 14.1. The van der Waals surface area contributed by atoms with Gasteiger partial charge in [0, 0.05) is 50.7 Å². The van der Waals surface area contributed by atoms with Crippen molar-refractivity contribution in [3.63, 3.8) is 0 Å². The molecule has 0 bridgehead atoms. The smallest absolute Gasteiger partial charge is 0.309 e. The van der Waals surface area contributed by atoms with E-state index in [1.54, 1.807) is 28.4 Å². The van der Waals surface area contributed by atoms with Crippen molar-refractivity contribution in [2.45, 2.75) is 237 Å². The minimum atomic E-state index is -1.27. The van der Waals surface area contributed by atoms with E-state index in [0.717, 1.165) is 0 Å². The van der Waals surface area contributed by atoms with Crippen molar-refractivity contribution in [1.82, 2.24) is 20.3 Å². The van der Waals surface area contributed by atoms with Crippen molar-refractivity contribution in [1.29, 1.82) is 0 Å².